The molecule has 2 aliphatic rings. The molecule has 1 fully saturated rings. The predicted octanol–water partition coefficient (Wildman–Crippen LogP) is 3.57. The Balaban J connectivity index is 1.51. The molecular formula is C21H22O5. The van der Waals surface area contributed by atoms with Gasteiger partial charge in [0, 0.05) is 18.7 Å². The molecule has 0 aromatic heterocycles. The van der Waals surface area contributed by atoms with Gasteiger partial charge >= 0.3 is 0 Å². The Bertz CT molecular complexity index is 731. The highest BCUT2D eigenvalue weighted by molar-refractivity contribution is 5.19. The third-order valence-electron chi connectivity index (χ3n) is 4.46. The Hall–Kier alpha value is -2.18. The number of benzene rings is 2. The van der Waals surface area contributed by atoms with E-state index in [4.69, 9.17) is 23.7 Å². The first-order valence-electron chi connectivity index (χ1n) is 8.72. The topological polar surface area (TPSA) is 46.2 Å². The predicted molar refractivity (Wildman–Crippen MR) is 95.0 cm³/mol. The van der Waals surface area contributed by atoms with Gasteiger partial charge in [0.1, 0.15) is 24.6 Å². The molecule has 0 radical (unpaired) electrons. The number of fused-ring (bicyclic) bond motifs is 1. The summed E-state index contributed by atoms with van der Waals surface area (Å²) in [5, 5.41) is 0. The zero-order valence-electron chi connectivity index (χ0n) is 14.6. The third kappa shape index (κ3) is 3.81. The molecule has 136 valence electrons. The average Bonchev–Trinajstić information content (AvgIpc) is 2.72. The second kappa shape index (κ2) is 8.01. The van der Waals surface area contributed by atoms with Crippen LogP contribution in [0.1, 0.15) is 17.4 Å². The molecule has 2 heterocycles. The van der Waals surface area contributed by atoms with Crippen molar-refractivity contribution in [1.82, 2.24) is 0 Å². The summed E-state index contributed by atoms with van der Waals surface area (Å²) in [6.07, 6.45) is 0.323. The maximum absolute atomic E-state index is 6.17. The average molecular weight is 354 g/mol. The number of hydrogen-bond acceptors (Lipinski definition) is 5. The molecule has 2 aliphatic heterocycles. The van der Waals surface area contributed by atoms with Gasteiger partial charge in [0.2, 0.25) is 0 Å². The lowest BCUT2D eigenvalue weighted by Crippen LogP contribution is -2.48. The number of methoxy groups -OCH3 is 1. The minimum absolute atomic E-state index is 0.268. The lowest BCUT2D eigenvalue weighted by molar-refractivity contribution is -0.292. The zero-order valence-corrected chi connectivity index (χ0v) is 14.6. The fraction of sp³-hybridized carbons (Fsp3) is 0.333. The fourth-order valence-corrected chi connectivity index (χ4v) is 3.11. The van der Waals surface area contributed by atoms with E-state index in [1.807, 2.05) is 66.7 Å². The fourth-order valence-electron chi connectivity index (χ4n) is 3.11. The molecule has 0 spiro atoms. The van der Waals surface area contributed by atoms with Crippen molar-refractivity contribution in [3.63, 3.8) is 0 Å². The second-order valence-electron chi connectivity index (χ2n) is 6.25. The van der Waals surface area contributed by atoms with Gasteiger partial charge in [-0.1, -0.05) is 60.7 Å². The van der Waals surface area contributed by atoms with E-state index in [0.29, 0.717) is 13.2 Å². The lowest BCUT2D eigenvalue weighted by atomic mass is 10.1. The van der Waals surface area contributed by atoms with Gasteiger partial charge in [-0.2, -0.15) is 0 Å². The van der Waals surface area contributed by atoms with Gasteiger partial charge in [0.05, 0.1) is 6.61 Å². The zero-order chi connectivity index (χ0) is 17.8. The summed E-state index contributed by atoms with van der Waals surface area (Å²) in [5.74, 6) is 0.723. The molecule has 2 aromatic carbocycles. The van der Waals surface area contributed by atoms with E-state index in [1.54, 1.807) is 7.11 Å². The highest BCUT2D eigenvalue weighted by Gasteiger charge is 2.41. The van der Waals surface area contributed by atoms with Crippen LogP contribution < -0.4 is 0 Å². The van der Waals surface area contributed by atoms with Gasteiger partial charge in [-0.25, -0.2) is 0 Å². The summed E-state index contributed by atoms with van der Waals surface area (Å²) in [5.41, 5.74) is 2.07. The molecule has 0 N–H and O–H groups in total. The van der Waals surface area contributed by atoms with E-state index in [-0.39, 0.29) is 12.2 Å². The first-order valence-corrected chi connectivity index (χ1v) is 8.72. The minimum atomic E-state index is -0.470. The van der Waals surface area contributed by atoms with Crippen LogP contribution in [0.25, 0.3) is 0 Å². The quantitative estimate of drug-likeness (QED) is 0.821. The summed E-state index contributed by atoms with van der Waals surface area (Å²) >= 11 is 0. The van der Waals surface area contributed by atoms with Crippen LogP contribution in [-0.2, 0) is 30.3 Å². The summed E-state index contributed by atoms with van der Waals surface area (Å²) in [4.78, 5) is 0. The molecule has 2 aromatic rings. The van der Waals surface area contributed by atoms with E-state index in [0.717, 1.165) is 16.9 Å². The van der Waals surface area contributed by atoms with Gasteiger partial charge in [0.25, 0.3) is 0 Å². The Labute approximate surface area is 153 Å². The minimum Gasteiger partial charge on any atom is -0.491 e. The van der Waals surface area contributed by atoms with Crippen LogP contribution in [0.5, 0.6) is 0 Å². The number of ether oxygens (including phenoxy) is 5. The van der Waals surface area contributed by atoms with Gasteiger partial charge in [-0.15, -0.1) is 0 Å². The lowest BCUT2D eigenvalue weighted by Gasteiger charge is -2.41. The molecule has 0 aliphatic carbocycles. The van der Waals surface area contributed by atoms with Crippen LogP contribution in [0.15, 0.2) is 72.5 Å². The van der Waals surface area contributed by atoms with Crippen LogP contribution in [0.3, 0.4) is 0 Å². The van der Waals surface area contributed by atoms with Crippen molar-refractivity contribution in [3.05, 3.63) is 83.6 Å². The maximum Gasteiger partial charge on any atom is 0.184 e. The Kier molecular flexibility index (Phi) is 5.32. The Morgan fingerprint density at radius 2 is 1.69 bits per heavy atom. The van der Waals surface area contributed by atoms with Crippen LogP contribution in [0, 0.1) is 0 Å². The third-order valence-corrected chi connectivity index (χ3v) is 4.46. The second-order valence-corrected chi connectivity index (χ2v) is 6.25. The monoisotopic (exact) mass is 354 g/mol. The standard InChI is InChI=1S/C21H22O5/c1-22-19-12-17(23-13-15-8-4-2-5-9-15)20-18(25-19)14-24-21(26-20)16-10-6-3-7-11-16/h2-12,18-21H,13-14H2,1H3/t18-,19-,20+,21?/m1/s1. The van der Waals surface area contributed by atoms with Crippen molar-refractivity contribution in [2.45, 2.75) is 31.4 Å². The summed E-state index contributed by atoms with van der Waals surface area (Å²) in [6.45, 7) is 0.878. The van der Waals surface area contributed by atoms with Gasteiger partial charge < -0.3 is 23.7 Å². The van der Waals surface area contributed by atoms with Crippen LogP contribution in [0.4, 0.5) is 0 Å². The number of rotatable bonds is 5. The molecule has 5 nitrogen and oxygen atoms in total. The van der Waals surface area contributed by atoms with Crippen molar-refractivity contribution in [2.24, 2.45) is 0 Å². The molecule has 1 unspecified atom stereocenters. The van der Waals surface area contributed by atoms with E-state index in [9.17, 15) is 0 Å². The molecule has 4 rings (SSSR count). The molecule has 5 heteroatoms. The SMILES string of the molecule is CO[C@H]1C=C(OCc2ccccc2)[C@@H]2OC(c3ccccc3)OC[C@H]2O1. The van der Waals surface area contributed by atoms with Crippen LogP contribution in [-0.4, -0.2) is 32.2 Å². The first kappa shape index (κ1) is 17.2. The first-order chi connectivity index (χ1) is 12.8. The van der Waals surface area contributed by atoms with Gasteiger partial charge in [0.15, 0.2) is 12.6 Å². The molecule has 0 saturated carbocycles. The van der Waals surface area contributed by atoms with Crippen molar-refractivity contribution in [1.29, 1.82) is 0 Å². The van der Waals surface area contributed by atoms with Crippen molar-refractivity contribution in [2.75, 3.05) is 13.7 Å². The van der Waals surface area contributed by atoms with Gasteiger partial charge in [-0.3, -0.25) is 0 Å². The molecule has 26 heavy (non-hydrogen) atoms. The number of hydrogen-bond donors (Lipinski definition) is 0. The van der Waals surface area contributed by atoms with E-state index in [2.05, 4.69) is 0 Å². The van der Waals surface area contributed by atoms with Crippen molar-refractivity contribution < 1.29 is 23.7 Å². The molecule has 4 atom stereocenters. The highest BCUT2D eigenvalue weighted by atomic mass is 16.7. The largest absolute Gasteiger partial charge is 0.491 e. The molecule has 1 saturated heterocycles. The maximum atomic E-state index is 6.17. The van der Waals surface area contributed by atoms with E-state index in [1.165, 1.54) is 0 Å². The summed E-state index contributed by atoms with van der Waals surface area (Å²) in [6, 6.07) is 19.9. The molecule has 0 amide bonds. The Morgan fingerprint density at radius 1 is 0.962 bits per heavy atom. The van der Waals surface area contributed by atoms with Gasteiger partial charge in [-0.05, 0) is 5.56 Å². The van der Waals surface area contributed by atoms with E-state index >= 15 is 0 Å². The summed E-state index contributed by atoms with van der Waals surface area (Å²) < 4.78 is 29.3. The summed E-state index contributed by atoms with van der Waals surface area (Å²) in [7, 11) is 1.60. The smallest absolute Gasteiger partial charge is 0.184 e. The molecular weight excluding hydrogens is 332 g/mol. The normalized spacial score (nSPS) is 28.1. The Morgan fingerprint density at radius 3 is 2.42 bits per heavy atom. The van der Waals surface area contributed by atoms with Crippen LogP contribution in [0.2, 0.25) is 0 Å². The van der Waals surface area contributed by atoms with Crippen LogP contribution >= 0.6 is 0 Å². The van der Waals surface area contributed by atoms with E-state index < -0.39 is 12.6 Å². The highest BCUT2D eigenvalue weighted by Crippen LogP contribution is 2.34. The molecule has 0 bridgehead atoms. The van der Waals surface area contributed by atoms with Crippen molar-refractivity contribution >= 4 is 0 Å². The van der Waals surface area contributed by atoms with Crippen molar-refractivity contribution in [3.8, 4) is 0 Å².